The highest BCUT2D eigenvalue weighted by Crippen LogP contribution is 2.23. The van der Waals surface area contributed by atoms with E-state index < -0.39 is 0 Å². The molecule has 2 heterocycles. The van der Waals surface area contributed by atoms with Crippen LogP contribution in [0.3, 0.4) is 0 Å². The number of hydrogen-bond donors (Lipinski definition) is 1. The summed E-state index contributed by atoms with van der Waals surface area (Å²) in [6.45, 7) is 4.73. The molecule has 4 heteroatoms. The third-order valence-corrected chi connectivity index (χ3v) is 4.63. The zero-order valence-electron chi connectivity index (χ0n) is 14.4. The van der Waals surface area contributed by atoms with E-state index >= 15 is 0 Å². The summed E-state index contributed by atoms with van der Waals surface area (Å²) >= 11 is 0. The first kappa shape index (κ1) is 15.6. The van der Waals surface area contributed by atoms with Crippen LogP contribution in [-0.2, 0) is 19.5 Å². The number of aromatic nitrogens is 2. The Morgan fingerprint density at radius 2 is 1.92 bits per heavy atom. The summed E-state index contributed by atoms with van der Waals surface area (Å²) < 4.78 is 0. The highest BCUT2D eigenvalue weighted by atomic mass is 15.2. The van der Waals surface area contributed by atoms with Gasteiger partial charge < -0.3 is 10.2 Å². The maximum atomic E-state index is 4.71. The molecule has 4 rings (SSSR count). The van der Waals surface area contributed by atoms with E-state index in [1.807, 2.05) is 12.3 Å². The van der Waals surface area contributed by atoms with Gasteiger partial charge in [-0.25, -0.2) is 4.98 Å². The molecule has 0 radical (unpaired) electrons. The second kappa shape index (κ2) is 6.93. The fourth-order valence-electron chi connectivity index (χ4n) is 3.30. The van der Waals surface area contributed by atoms with E-state index in [9.17, 15) is 0 Å². The second-order valence-corrected chi connectivity index (χ2v) is 6.52. The van der Waals surface area contributed by atoms with E-state index in [0.717, 1.165) is 31.9 Å². The molecular weight excluding hydrogens is 308 g/mol. The van der Waals surface area contributed by atoms with Crippen molar-refractivity contribution in [3.63, 3.8) is 0 Å². The van der Waals surface area contributed by atoms with Gasteiger partial charge in [0.15, 0.2) is 0 Å². The summed E-state index contributed by atoms with van der Waals surface area (Å²) in [7, 11) is 0. The molecule has 1 aromatic heterocycles. The van der Waals surface area contributed by atoms with Gasteiger partial charge in [-0.05, 0) is 36.1 Å². The minimum absolute atomic E-state index is 0.679. The van der Waals surface area contributed by atoms with Crippen molar-refractivity contribution in [2.45, 2.75) is 26.4 Å². The quantitative estimate of drug-likeness (QED) is 0.786. The van der Waals surface area contributed by atoms with Gasteiger partial charge in [0.25, 0.3) is 0 Å². The van der Waals surface area contributed by atoms with Crippen molar-refractivity contribution in [3.05, 3.63) is 83.0 Å². The summed E-state index contributed by atoms with van der Waals surface area (Å²) in [5.74, 6) is 1.66. The second-order valence-electron chi connectivity index (χ2n) is 6.52. The van der Waals surface area contributed by atoms with E-state index in [1.54, 1.807) is 0 Å². The van der Waals surface area contributed by atoms with Gasteiger partial charge in [-0.3, -0.25) is 0 Å². The molecular formula is C21H22N4. The van der Waals surface area contributed by atoms with Crippen molar-refractivity contribution in [2.24, 2.45) is 0 Å². The van der Waals surface area contributed by atoms with Crippen LogP contribution in [0.25, 0.3) is 0 Å². The maximum Gasteiger partial charge on any atom is 0.224 e. The van der Waals surface area contributed by atoms with Gasteiger partial charge in [0, 0.05) is 25.8 Å². The van der Waals surface area contributed by atoms with Gasteiger partial charge in [0.2, 0.25) is 5.95 Å². The topological polar surface area (TPSA) is 41.1 Å². The maximum absolute atomic E-state index is 4.71. The highest BCUT2D eigenvalue weighted by molar-refractivity contribution is 5.46. The van der Waals surface area contributed by atoms with Gasteiger partial charge in [-0.2, -0.15) is 4.98 Å². The number of fused-ring (bicyclic) bond motifs is 1. The minimum Gasteiger partial charge on any atom is -0.352 e. The number of benzene rings is 2. The van der Waals surface area contributed by atoms with Crippen LogP contribution in [0.5, 0.6) is 0 Å². The molecule has 1 aliphatic rings. The fourth-order valence-corrected chi connectivity index (χ4v) is 3.30. The van der Waals surface area contributed by atoms with Crippen molar-refractivity contribution in [2.75, 3.05) is 16.8 Å². The van der Waals surface area contributed by atoms with E-state index in [0.29, 0.717) is 5.95 Å². The van der Waals surface area contributed by atoms with E-state index in [1.165, 1.54) is 22.3 Å². The summed E-state index contributed by atoms with van der Waals surface area (Å²) in [5.41, 5.74) is 5.34. The lowest BCUT2D eigenvalue weighted by molar-refractivity contribution is 0.719. The summed E-state index contributed by atoms with van der Waals surface area (Å²) in [4.78, 5) is 11.4. The fraction of sp³-hybridized carbons (Fsp3) is 0.238. The average molecular weight is 330 g/mol. The number of anilines is 2. The van der Waals surface area contributed by atoms with Gasteiger partial charge in [-0.1, -0.05) is 54.1 Å². The zero-order chi connectivity index (χ0) is 17.1. The molecule has 3 aromatic rings. The van der Waals surface area contributed by atoms with Gasteiger partial charge in [0.05, 0.1) is 0 Å². The van der Waals surface area contributed by atoms with Crippen LogP contribution in [0.2, 0.25) is 0 Å². The summed E-state index contributed by atoms with van der Waals surface area (Å²) in [6, 6.07) is 19.1. The molecule has 4 nitrogen and oxygen atoms in total. The number of nitrogens with zero attached hydrogens (tertiary/aromatic N) is 3. The Morgan fingerprint density at radius 1 is 1.04 bits per heavy atom. The highest BCUT2D eigenvalue weighted by Gasteiger charge is 2.17. The Labute approximate surface area is 148 Å². The molecule has 0 spiro atoms. The Balaban J connectivity index is 1.46. The molecule has 0 unspecified atom stereocenters. The first-order valence-corrected chi connectivity index (χ1v) is 8.72. The molecule has 0 bridgehead atoms. The third-order valence-electron chi connectivity index (χ3n) is 4.63. The van der Waals surface area contributed by atoms with Gasteiger partial charge in [-0.15, -0.1) is 0 Å². The van der Waals surface area contributed by atoms with E-state index in [4.69, 9.17) is 4.98 Å². The lowest BCUT2D eigenvalue weighted by Crippen LogP contribution is -2.31. The van der Waals surface area contributed by atoms with Crippen molar-refractivity contribution < 1.29 is 0 Å². The van der Waals surface area contributed by atoms with E-state index in [-0.39, 0.29) is 0 Å². The molecule has 0 atom stereocenters. The normalized spacial score (nSPS) is 13.4. The van der Waals surface area contributed by atoms with Crippen molar-refractivity contribution in [3.8, 4) is 0 Å². The van der Waals surface area contributed by atoms with Crippen molar-refractivity contribution in [1.82, 2.24) is 9.97 Å². The molecule has 0 aliphatic carbocycles. The molecule has 2 aromatic carbocycles. The summed E-state index contributed by atoms with van der Waals surface area (Å²) in [6.07, 6.45) is 2.90. The summed E-state index contributed by atoms with van der Waals surface area (Å²) in [5, 5.41) is 3.34. The molecule has 0 saturated heterocycles. The minimum atomic E-state index is 0.679. The Kier molecular flexibility index (Phi) is 4.34. The van der Waals surface area contributed by atoms with Crippen LogP contribution >= 0.6 is 0 Å². The average Bonchev–Trinajstić information content (AvgIpc) is 2.66. The Hall–Kier alpha value is -2.88. The number of rotatable bonds is 4. The zero-order valence-corrected chi connectivity index (χ0v) is 14.4. The van der Waals surface area contributed by atoms with Gasteiger partial charge >= 0.3 is 0 Å². The first-order chi connectivity index (χ1) is 12.3. The van der Waals surface area contributed by atoms with Crippen molar-refractivity contribution >= 4 is 11.8 Å². The van der Waals surface area contributed by atoms with E-state index in [2.05, 4.69) is 70.7 Å². The Bertz CT molecular complexity index is 875. The van der Waals surface area contributed by atoms with Gasteiger partial charge in [0.1, 0.15) is 5.82 Å². The number of aryl methyl sites for hydroxylation is 1. The Morgan fingerprint density at radius 3 is 2.80 bits per heavy atom. The molecule has 0 fully saturated rings. The van der Waals surface area contributed by atoms with Crippen LogP contribution in [0.1, 0.15) is 22.3 Å². The predicted octanol–water partition coefficient (Wildman–Crippen LogP) is 3.96. The SMILES string of the molecule is Cc1cccc(CNc2nccc(N3CCc4ccccc4C3)n2)c1. The predicted molar refractivity (Wildman–Crippen MR) is 102 cm³/mol. The lowest BCUT2D eigenvalue weighted by Gasteiger charge is -2.29. The number of hydrogen-bond acceptors (Lipinski definition) is 4. The van der Waals surface area contributed by atoms with Crippen molar-refractivity contribution in [1.29, 1.82) is 0 Å². The van der Waals surface area contributed by atoms with Crippen LogP contribution < -0.4 is 10.2 Å². The van der Waals surface area contributed by atoms with Crippen LogP contribution in [-0.4, -0.2) is 16.5 Å². The molecule has 126 valence electrons. The lowest BCUT2D eigenvalue weighted by atomic mass is 10.00. The number of nitrogens with one attached hydrogen (secondary N) is 1. The van der Waals surface area contributed by atoms with Crippen LogP contribution in [0.4, 0.5) is 11.8 Å². The molecule has 25 heavy (non-hydrogen) atoms. The monoisotopic (exact) mass is 330 g/mol. The standard InChI is InChI=1S/C21H22N4/c1-16-5-4-6-17(13-16)14-23-21-22-11-9-20(24-21)25-12-10-18-7-2-3-8-19(18)15-25/h2-9,11,13H,10,12,14-15H2,1H3,(H,22,23,24). The molecule has 0 saturated carbocycles. The molecule has 0 amide bonds. The first-order valence-electron chi connectivity index (χ1n) is 8.72. The smallest absolute Gasteiger partial charge is 0.224 e. The van der Waals surface area contributed by atoms with Crippen LogP contribution in [0, 0.1) is 6.92 Å². The third kappa shape index (κ3) is 3.63. The molecule has 1 N–H and O–H groups in total. The molecule has 1 aliphatic heterocycles. The van der Waals surface area contributed by atoms with Crippen LogP contribution in [0.15, 0.2) is 60.8 Å². The largest absolute Gasteiger partial charge is 0.352 e.